The van der Waals surface area contributed by atoms with Gasteiger partial charge in [-0.2, -0.15) is 0 Å². The second-order valence-corrected chi connectivity index (χ2v) is 8.47. The Hall–Kier alpha value is -3.42. The van der Waals surface area contributed by atoms with Crippen LogP contribution in [0.3, 0.4) is 0 Å². The lowest BCUT2D eigenvalue weighted by Crippen LogP contribution is -2.13. The van der Waals surface area contributed by atoms with Crippen LogP contribution in [0.25, 0.3) is 33.3 Å². The summed E-state index contributed by atoms with van der Waals surface area (Å²) in [7, 11) is 1.52. The van der Waals surface area contributed by atoms with E-state index in [-0.39, 0.29) is 16.8 Å². The highest BCUT2D eigenvalue weighted by molar-refractivity contribution is 9.10. The predicted octanol–water partition coefficient (Wildman–Crippen LogP) is 7.46. The van der Waals surface area contributed by atoms with E-state index in [0.29, 0.717) is 38.1 Å². The van der Waals surface area contributed by atoms with Crippen LogP contribution in [0.4, 0.5) is 10.1 Å². The Morgan fingerprint density at radius 1 is 1.12 bits per heavy atom. The number of halogens is 3. The first kappa shape index (κ1) is 21.4. The number of nitrogens with one attached hydrogen (secondary N) is 1. The molecule has 1 N–H and O–H groups in total. The maximum atomic E-state index is 13.4. The number of carbonyl (C=O) groups is 1. The Bertz CT molecular complexity index is 1550. The maximum Gasteiger partial charge on any atom is 0.259 e. The second kappa shape index (κ2) is 8.50. The van der Waals surface area contributed by atoms with Gasteiger partial charge in [0.2, 0.25) is 5.89 Å². The molecule has 1 amide bonds. The quantitative estimate of drug-likeness (QED) is 0.264. The Morgan fingerprint density at radius 3 is 2.73 bits per heavy atom. The number of benzene rings is 4. The molecule has 164 valence electrons. The van der Waals surface area contributed by atoms with Crippen LogP contribution in [0, 0.1) is 5.82 Å². The number of fused-ring (bicyclic) bond motifs is 2. The molecule has 0 saturated carbocycles. The highest BCUT2D eigenvalue weighted by atomic mass is 79.9. The van der Waals surface area contributed by atoms with Crippen molar-refractivity contribution in [3.8, 4) is 17.2 Å². The molecule has 0 aliphatic heterocycles. The van der Waals surface area contributed by atoms with Crippen molar-refractivity contribution in [3.63, 3.8) is 0 Å². The average Bonchev–Trinajstić information content (AvgIpc) is 3.22. The molecule has 1 heterocycles. The van der Waals surface area contributed by atoms with Gasteiger partial charge in [0.1, 0.15) is 17.1 Å². The zero-order chi connectivity index (χ0) is 23.1. The van der Waals surface area contributed by atoms with Gasteiger partial charge in [0, 0.05) is 5.69 Å². The third-order valence-corrected chi connectivity index (χ3v) is 6.30. The fraction of sp³-hybridized carbons (Fsp3) is 0.0400. The van der Waals surface area contributed by atoms with Gasteiger partial charge < -0.3 is 14.5 Å². The number of ether oxygens (including phenoxy) is 1. The van der Waals surface area contributed by atoms with Gasteiger partial charge >= 0.3 is 0 Å². The SMILES string of the molecule is COc1c(C(=O)Nc2ccc3oc(-c4ccc(F)cc4Cl)nc3c2)cc2ccccc2c1Br. The molecule has 4 aromatic carbocycles. The summed E-state index contributed by atoms with van der Waals surface area (Å²) in [5.41, 5.74) is 2.43. The number of methoxy groups -OCH3 is 1. The Balaban J connectivity index is 1.49. The zero-order valence-corrected chi connectivity index (χ0v) is 19.5. The van der Waals surface area contributed by atoms with E-state index in [2.05, 4.69) is 26.2 Å². The molecule has 1 aromatic heterocycles. The number of carbonyl (C=O) groups excluding carboxylic acids is 1. The highest BCUT2D eigenvalue weighted by Gasteiger charge is 2.19. The molecule has 5 nitrogen and oxygen atoms in total. The molecule has 0 fully saturated rings. The molecule has 0 radical (unpaired) electrons. The number of anilines is 1. The molecule has 8 heteroatoms. The topological polar surface area (TPSA) is 64.4 Å². The number of aromatic nitrogens is 1. The van der Waals surface area contributed by atoms with Crippen LogP contribution < -0.4 is 10.1 Å². The van der Waals surface area contributed by atoms with Crippen molar-refractivity contribution in [2.45, 2.75) is 0 Å². The summed E-state index contributed by atoms with van der Waals surface area (Å²) in [6.07, 6.45) is 0. The van der Waals surface area contributed by atoms with Crippen LogP contribution >= 0.6 is 27.5 Å². The zero-order valence-electron chi connectivity index (χ0n) is 17.2. The second-order valence-electron chi connectivity index (χ2n) is 7.27. The number of nitrogens with zero attached hydrogens (tertiary/aromatic N) is 1. The summed E-state index contributed by atoms with van der Waals surface area (Å²) in [6.45, 7) is 0. The van der Waals surface area contributed by atoms with Crippen LogP contribution in [0.2, 0.25) is 5.02 Å². The summed E-state index contributed by atoms with van der Waals surface area (Å²) >= 11 is 9.68. The Kier molecular flexibility index (Phi) is 5.52. The average molecular weight is 526 g/mol. The van der Waals surface area contributed by atoms with E-state index < -0.39 is 5.82 Å². The van der Waals surface area contributed by atoms with E-state index in [9.17, 15) is 9.18 Å². The van der Waals surface area contributed by atoms with Crippen molar-refractivity contribution < 1.29 is 18.3 Å². The molecule has 5 aromatic rings. The van der Waals surface area contributed by atoms with Crippen molar-refractivity contribution >= 4 is 61.0 Å². The molecule has 0 aliphatic rings. The van der Waals surface area contributed by atoms with Gasteiger partial charge in [-0.05, 0) is 69.2 Å². The normalized spacial score (nSPS) is 11.2. The van der Waals surface area contributed by atoms with Gasteiger partial charge in [0.15, 0.2) is 5.58 Å². The minimum absolute atomic E-state index is 0.198. The van der Waals surface area contributed by atoms with Crippen LogP contribution in [-0.2, 0) is 0 Å². The molecule has 0 unspecified atom stereocenters. The highest BCUT2D eigenvalue weighted by Crippen LogP contribution is 2.37. The third-order valence-electron chi connectivity index (χ3n) is 5.20. The van der Waals surface area contributed by atoms with Gasteiger partial charge in [-0.1, -0.05) is 35.9 Å². The van der Waals surface area contributed by atoms with E-state index in [1.54, 1.807) is 24.3 Å². The summed E-state index contributed by atoms with van der Waals surface area (Å²) in [6, 6.07) is 18.6. The van der Waals surface area contributed by atoms with Crippen molar-refractivity contribution in [2.75, 3.05) is 12.4 Å². The van der Waals surface area contributed by atoms with Gasteiger partial charge in [0.05, 0.1) is 27.7 Å². The van der Waals surface area contributed by atoms with E-state index in [0.717, 1.165) is 10.8 Å². The minimum atomic E-state index is -0.444. The molecule has 5 rings (SSSR count). The van der Waals surface area contributed by atoms with Gasteiger partial charge in [0.25, 0.3) is 5.91 Å². The van der Waals surface area contributed by atoms with Gasteiger partial charge in [-0.25, -0.2) is 9.37 Å². The smallest absolute Gasteiger partial charge is 0.259 e. The number of amides is 1. The molecule has 0 aliphatic carbocycles. The lowest BCUT2D eigenvalue weighted by Gasteiger charge is -2.13. The number of hydrogen-bond acceptors (Lipinski definition) is 4. The minimum Gasteiger partial charge on any atom is -0.495 e. The maximum absolute atomic E-state index is 13.4. The van der Waals surface area contributed by atoms with Crippen molar-refractivity contribution in [1.29, 1.82) is 0 Å². The van der Waals surface area contributed by atoms with E-state index in [1.807, 2.05) is 24.3 Å². The monoisotopic (exact) mass is 524 g/mol. The summed E-state index contributed by atoms with van der Waals surface area (Å²) in [5, 5.41) is 4.94. The number of rotatable bonds is 4. The first-order chi connectivity index (χ1) is 15.9. The fourth-order valence-corrected chi connectivity index (χ4v) is 4.62. The first-order valence-corrected chi connectivity index (χ1v) is 11.0. The molecule has 33 heavy (non-hydrogen) atoms. The molecule has 0 spiro atoms. The van der Waals surface area contributed by atoms with Crippen LogP contribution in [0.1, 0.15) is 10.4 Å². The number of oxazole rings is 1. The number of hydrogen-bond donors (Lipinski definition) is 1. The van der Waals surface area contributed by atoms with E-state index in [1.165, 1.54) is 25.3 Å². The first-order valence-electron chi connectivity index (χ1n) is 9.87. The molecule has 0 atom stereocenters. The lowest BCUT2D eigenvalue weighted by molar-refractivity contribution is 0.102. The Labute approximate surface area is 201 Å². The Morgan fingerprint density at radius 2 is 1.94 bits per heavy atom. The van der Waals surface area contributed by atoms with Gasteiger partial charge in [-0.3, -0.25) is 4.79 Å². The summed E-state index contributed by atoms with van der Waals surface area (Å²) < 4.78 is 25.3. The predicted molar refractivity (Wildman–Crippen MR) is 131 cm³/mol. The summed E-state index contributed by atoms with van der Waals surface area (Å²) in [4.78, 5) is 17.6. The standard InChI is InChI=1S/C25H15BrClFN2O3/c1-32-23-18(10-13-4-2-3-5-16(13)22(23)26)24(31)29-15-7-9-21-20(12-15)30-25(33-21)17-8-6-14(28)11-19(17)27/h2-12H,1H3,(H,29,31). The molecular formula is C25H15BrClFN2O3. The van der Waals surface area contributed by atoms with Crippen molar-refractivity contribution in [2.24, 2.45) is 0 Å². The fourth-order valence-electron chi connectivity index (χ4n) is 3.63. The largest absolute Gasteiger partial charge is 0.495 e. The van der Waals surface area contributed by atoms with Crippen molar-refractivity contribution in [1.82, 2.24) is 4.98 Å². The van der Waals surface area contributed by atoms with E-state index in [4.69, 9.17) is 20.8 Å². The van der Waals surface area contributed by atoms with E-state index >= 15 is 0 Å². The molecule has 0 bridgehead atoms. The van der Waals surface area contributed by atoms with Crippen molar-refractivity contribution in [3.05, 3.63) is 87.6 Å². The summed E-state index contributed by atoms with van der Waals surface area (Å²) in [5.74, 6) is -0.0656. The van der Waals surface area contributed by atoms with Crippen LogP contribution in [0.15, 0.2) is 75.6 Å². The van der Waals surface area contributed by atoms with Crippen LogP contribution in [0.5, 0.6) is 5.75 Å². The lowest BCUT2D eigenvalue weighted by atomic mass is 10.1. The molecule has 0 saturated heterocycles. The molecular weight excluding hydrogens is 511 g/mol. The van der Waals surface area contributed by atoms with Crippen LogP contribution in [-0.4, -0.2) is 18.0 Å². The third kappa shape index (κ3) is 3.94. The van der Waals surface area contributed by atoms with Gasteiger partial charge in [-0.15, -0.1) is 0 Å².